The standard InChI is InChI=1S/C10H8N2/c1-2-4-6-10-9(5-3-1)7-11-8-12-10/h1-8H. The Hall–Kier alpha value is -1.70. The van der Waals surface area contributed by atoms with Crippen LogP contribution in [0, 0.1) is 0 Å². The molecule has 1 aromatic heterocycles. The van der Waals surface area contributed by atoms with Crippen LogP contribution in [-0.2, 0) is 0 Å². The molecule has 0 bridgehead atoms. The lowest BCUT2D eigenvalue weighted by atomic mass is 10.1. The van der Waals surface area contributed by atoms with Crippen molar-refractivity contribution in [2.75, 3.05) is 0 Å². The van der Waals surface area contributed by atoms with Gasteiger partial charge in [0.2, 0.25) is 0 Å². The minimum Gasteiger partial charge on any atom is -0.244 e. The van der Waals surface area contributed by atoms with Crippen LogP contribution in [0.25, 0.3) is 12.2 Å². The molecule has 1 aliphatic carbocycles. The molecule has 2 heteroatoms. The van der Waals surface area contributed by atoms with Crippen LogP contribution in [0.2, 0.25) is 0 Å². The zero-order chi connectivity index (χ0) is 8.23. The second-order valence-corrected chi connectivity index (χ2v) is 2.47. The molecule has 58 valence electrons. The number of hydrogen-bond acceptors (Lipinski definition) is 2. The van der Waals surface area contributed by atoms with E-state index in [1.807, 2.05) is 42.7 Å². The molecule has 0 saturated heterocycles. The zero-order valence-corrected chi connectivity index (χ0v) is 6.51. The smallest absolute Gasteiger partial charge is 0.116 e. The Balaban J connectivity index is 2.54. The lowest BCUT2D eigenvalue weighted by Gasteiger charge is -1.98. The summed E-state index contributed by atoms with van der Waals surface area (Å²) < 4.78 is 0. The largest absolute Gasteiger partial charge is 0.244 e. The lowest BCUT2D eigenvalue weighted by Crippen LogP contribution is -1.87. The van der Waals surface area contributed by atoms with Crippen molar-refractivity contribution in [2.24, 2.45) is 0 Å². The molecule has 0 amide bonds. The summed E-state index contributed by atoms with van der Waals surface area (Å²) in [5.41, 5.74) is 2.02. The van der Waals surface area contributed by atoms with E-state index in [-0.39, 0.29) is 0 Å². The number of rotatable bonds is 0. The van der Waals surface area contributed by atoms with E-state index < -0.39 is 0 Å². The first-order valence-corrected chi connectivity index (χ1v) is 3.78. The second kappa shape index (κ2) is 3.13. The highest BCUT2D eigenvalue weighted by molar-refractivity contribution is 5.64. The molecule has 0 spiro atoms. The SMILES string of the molecule is C1=CC=Cc2ncncc2C=C1. The number of allylic oxidation sites excluding steroid dienone is 4. The third kappa shape index (κ3) is 1.32. The van der Waals surface area contributed by atoms with E-state index in [4.69, 9.17) is 0 Å². The van der Waals surface area contributed by atoms with E-state index in [1.165, 1.54) is 0 Å². The first-order valence-electron chi connectivity index (χ1n) is 3.78. The minimum absolute atomic E-state index is 0.964. The molecule has 12 heavy (non-hydrogen) atoms. The van der Waals surface area contributed by atoms with Crippen molar-refractivity contribution in [3.63, 3.8) is 0 Å². The number of nitrogens with zero attached hydrogens (tertiary/aromatic N) is 2. The summed E-state index contributed by atoms with van der Waals surface area (Å²) in [4.78, 5) is 8.09. The fraction of sp³-hybridized carbons (Fsp3) is 0. The van der Waals surface area contributed by atoms with Crippen LogP contribution in [0.15, 0.2) is 36.8 Å². The predicted molar refractivity (Wildman–Crippen MR) is 49.2 cm³/mol. The van der Waals surface area contributed by atoms with E-state index in [9.17, 15) is 0 Å². The maximum Gasteiger partial charge on any atom is 0.116 e. The Kier molecular flexibility index (Phi) is 1.82. The number of aromatic nitrogens is 2. The molecule has 0 aromatic carbocycles. The monoisotopic (exact) mass is 156 g/mol. The molecule has 0 atom stereocenters. The highest BCUT2D eigenvalue weighted by atomic mass is 14.8. The first kappa shape index (κ1) is 6.98. The molecule has 0 N–H and O–H groups in total. The molecular formula is C10H8N2. The number of fused-ring (bicyclic) bond motifs is 1. The summed E-state index contributed by atoms with van der Waals surface area (Å²) in [5, 5.41) is 0. The molecular weight excluding hydrogens is 148 g/mol. The summed E-state index contributed by atoms with van der Waals surface area (Å²) >= 11 is 0. The van der Waals surface area contributed by atoms with Gasteiger partial charge in [-0.05, 0) is 6.08 Å². The average molecular weight is 156 g/mol. The molecule has 0 aliphatic heterocycles. The predicted octanol–water partition coefficient (Wildman–Crippen LogP) is 2.07. The van der Waals surface area contributed by atoms with Gasteiger partial charge in [0.05, 0.1) is 5.69 Å². The molecule has 0 radical (unpaired) electrons. The highest BCUT2D eigenvalue weighted by Crippen LogP contribution is 2.09. The van der Waals surface area contributed by atoms with Crippen LogP contribution in [0.4, 0.5) is 0 Å². The van der Waals surface area contributed by atoms with Gasteiger partial charge in [-0.15, -0.1) is 0 Å². The minimum atomic E-state index is 0.964. The van der Waals surface area contributed by atoms with Gasteiger partial charge in [0, 0.05) is 11.8 Å². The summed E-state index contributed by atoms with van der Waals surface area (Å²) in [7, 11) is 0. The van der Waals surface area contributed by atoms with Gasteiger partial charge >= 0.3 is 0 Å². The van der Waals surface area contributed by atoms with Crippen molar-refractivity contribution in [3.8, 4) is 0 Å². The van der Waals surface area contributed by atoms with Gasteiger partial charge in [-0.1, -0.05) is 30.4 Å². The van der Waals surface area contributed by atoms with Gasteiger partial charge in [0.25, 0.3) is 0 Å². The normalized spacial score (nSPS) is 13.7. The van der Waals surface area contributed by atoms with Crippen LogP contribution in [-0.4, -0.2) is 9.97 Å². The average Bonchev–Trinajstić information content (AvgIpc) is 2.06. The lowest BCUT2D eigenvalue weighted by molar-refractivity contribution is 1.14. The first-order chi connectivity index (χ1) is 5.97. The maximum absolute atomic E-state index is 4.14. The molecule has 2 nitrogen and oxygen atoms in total. The Morgan fingerprint density at radius 3 is 2.67 bits per heavy atom. The molecule has 1 aromatic rings. The number of hydrogen-bond donors (Lipinski definition) is 0. The maximum atomic E-state index is 4.14. The van der Waals surface area contributed by atoms with Crippen LogP contribution in [0.3, 0.4) is 0 Å². The van der Waals surface area contributed by atoms with Gasteiger partial charge < -0.3 is 0 Å². The van der Waals surface area contributed by atoms with E-state index in [0.29, 0.717) is 0 Å². The van der Waals surface area contributed by atoms with E-state index >= 15 is 0 Å². The third-order valence-corrected chi connectivity index (χ3v) is 1.64. The van der Waals surface area contributed by atoms with Crippen molar-refractivity contribution in [1.29, 1.82) is 0 Å². The Bertz CT molecular complexity index is 327. The van der Waals surface area contributed by atoms with Crippen molar-refractivity contribution in [3.05, 3.63) is 48.1 Å². The van der Waals surface area contributed by atoms with Crippen molar-refractivity contribution in [2.45, 2.75) is 0 Å². The summed E-state index contributed by atoms with van der Waals surface area (Å²) in [6.45, 7) is 0. The van der Waals surface area contributed by atoms with Gasteiger partial charge in [0.1, 0.15) is 6.33 Å². The summed E-state index contributed by atoms with van der Waals surface area (Å²) in [6.07, 6.45) is 15.2. The van der Waals surface area contributed by atoms with Crippen molar-refractivity contribution < 1.29 is 0 Å². The van der Waals surface area contributed by atoms with Gasteiger partial charge in [-0.3, -0.25) is 0 Å². The van der Waals surface area contributed by atoms with E-state index in [1.54, 1.807) is 6.33 Å². The van der Waals surface area contributed by atoms with Crippen LogP contribution in [0.5, 0.6) is 0 Å². The fourth-order valence-electron chi connectivity index (χ4n) is 1.05. The third-order valence-electron chi connectivity index (χ3n) is 1.64. The van der Waals surface area contributed by atoms with Crippen molar-refractivity contribution >= 4 is 12.2 Å². The topological polar surface area (TPSA) is 25.8 Å². The van der Waals surface area contributed by atoms with Crippen LogP contribution >= 0.6 is 0 Å². The zero-order valence-electron chi connectivity index (χ0n) is 6.51. The van der Waals surface area contributed by atoms with Gasteiger partial charge in [-0.2, -0.15) is 0 Å². The Morgan fingerprint density at radius 1 is 0.917 bits per heavy atom. The molecule has 1 aliphatic rings. The molecule has 0 saturated carbocycles. The molecule has 0 unspecified atom stereocenters. The van der Waals surface area contributed by atoms with E-state index in [0.717, 1.165) is 11.3 Å². The van der Waals surface area contributed by atoms with E-state index in [2.05, 4.69) is 9.97 Å². The Morgan fingerprint density at radius 2 is 1.75 bits per heavy atom. The fourth-order valence-corrected chi connectivity index (χ4v) is 1.05. The van der Waals surface area contributed by atoms with Crippen LogP contribution < -0.4 is 0 Å². The highest BCUT2D eigenvalue weighted by Gasteiger charge is 1.95. The molecule has 1 heterocycles. The van der Waals surface area contributed by atoms with Crippen molar-refractivity contribution in [1.82, 2.24) is 9.97 Å². The molecule has 2 rings (SSSR count). The second-order valence-electron chi connectivity index (χ2n) is 2.47. The molecule has 0 fully saturated rings. The Labute approximate surface area is 71.0 Å². The van der Waals surface area contributed by atoms with Gasteiger partial charge in [0.15, 0.2) is 0 Å². The summed E-state index contributed by atoms with van der Waals surface area (Å²) in [5.74, 6) is 0. The summed E-state index contributed by atoms with van der Waals surface area (Å²) in [6, 6.07) is 0. The quantitative estimate of drug-likeness (QED) is 0.574. The van der Waals surface area contributed by atoms with Crippen LogP contribution in [0.1, 0.15) is 11.3 Å². The van der Waals surface area contributed by atoms with Gasteiger partial charge in [-0.25, -0.2) is 9.97 Å².